The highest BCUT2D eigenvalue weighted by Gasteiger charge is 2.50. The van der Waals surface area contributed by atoms with E-state index in [9.17, 15) is 26.4 Å². The van der Waals surface area contributed by atoms with Crippen LogP contribution in [0.1, 0.15) is 11.1 Å². The maximum Gasteiger partial charge on any atom is 0.534 e. The van der Waals surface area contributed by atoms with Crippen molar-refractivity contribution in [3.8, 4) is 16.9 Å². The highest BCUT2D eigenvalue weighted by molar-refractivity contribution is 7.88. The number of aliphatic imine (C=N–C) groups is 1. The molecule has 0 radical (unpaired) electrons. The number of amides is 1. The van der Waals surface area contributed by atoms with Gasteiger partial charge in [0.2, 0.25) is 0 Å². The summed E-state index contributed by atoms with van der Waals surface area (Å²) in [5.41, 5.74) is -0.956. The van der Waals surface area contributed by atoms with Crippen molar-refractivity contribution in [3.63, 3.8) is 0 Å². The topological polar surface area (TPSA) is 128 Å². The lowest BCUT2D eigenvalue weighted by molar-refractivity contribution is -0.129. The van der Waals surface area contributed by atoms with Crippen LogP contribution < -0.4 is 9.92 Å². The Balaban J connectivity index is 1.80. The lowest BCUT2D eigenvalue weighted by Gasteiger charge is -2.26. The van der Waals surface area contributed by atoms with Crippen LogP contribution in [0.3, 0.4) is 0 Å². The van der Waals surface area contributed by atoms with Crippen molar-refractivity contribution in [1.29, 1.82) is 0 Å². The molecule has 0 saturated carbocycles. The molecule has 35 heavy (non-hydrogen) atoms. The van der Waals surface area contributed by atoms with E-state index in [-0.39, 0.29) is 22.6 Å². The molecule has 0 saturated heterocycles. The van der Waals surface area contributed by atoms with E-state index >= 15 is 4.39 Å². The smallest absolute Gasteiger partial charge is 0.376 e. The second-order valence-electron chi connectivity index (χ2n) is 7.37. The third-order valence-electron chi connectivity index (χ3n) is 5.26. The summed E-state index contributed by atoms with van der Waals surface area (Å²) in [5.74, 6) is -2.22. The number of aromatic nitrogens is 2. The van der Waals surface area contributed by atoms with Crippen molar-refractivity contribution < 1.29 is 35.0 Å². The normalized spacial score (nSPS) is 18.5. The van der Waals surface area contributed by atoms with Crippen molar-refractivity contribution in [2.75, 3.05) is 7.05 Å². The van der Waals surface area contributed by atoms with Gasteiger partial charge in [0.25, 0.3) is 5.91 Å². The number of nitrogens with two attached hydrogens (primary N) is 1. The average molecular weight is 509 g/mol. The van der Waals surface area contributed by atoms with Crippen LogP contribution in [0, 0.1) is 5.82 Å². The van der Waals surface area contributed by atoms with Gasteiger partial charge >= 0.3 is 15.6 Å². The van der Waals surface area contributed by atoms with Gasteiger partial charge in [-0.3, -0.25) is 9.69 Å². The molecule has 4 rings (SSSR count). The minimum atomic E-state index is -5.90. The number of carbonyl (C=O) groups is 1. The first-order chi connectivity index (χ1) is 16.4. The highest BCUT2D eigenvalue weighted by Crippen LogP contribution is 2.41. The molecular weight excluding hydrogens is 494 g/mol. The van der Waals surface area contributed by atoms with Crippen molar-refractivity contribution in [2.24, 2.45) is 10.7 Å². The van der Waals surface area contributed by atoms with Gasteiger partial charge in [-0.25, -0.2) is 19.4 Å². The number of rotatable bonds is 5. The van der Waals surface area contributed by atoms with Crippen LogP contribution in [0.5, 0.6) is 5.75 Å². The van der Waals surface area contributed by atoms with E-state index in [2.05, 4.69) is 19.1 Å². The zero-order chi connectivity index (χ0) is 25.6. The Kier molecular flexibility index (Phi) is 5.71. The van der Waals surface area contributed by atoms with Gasteiger partial charge in [0.1, 0.15) is 17.9 Å². The Morgan fingerprint density at radius 3 is 2.14 bits per heavy atom. The Labute approximate surface area is 196 Å². The quantitative estimate of drug-likeness (QED) is 0.318. The van der Waals surface area contributed by atoms with Crippen LogP contribution >= 0.6 is 0 Å². The predicted octanol–water partition coefficient (Wildman–Crippen LogP) is 2.54. The Morgan fingerprint density at radius 2 is 1.63 bits per heavy atom. The highest BCUT2D eigenvalue weighted by atomic mass is 32.2. The summed E-state index contributed by atoms with van der Waals surface area (Å²) in [6.07, 6.45) is 4.08. The largest absolute Gasteiger partial charge is 0.534 e. The third-order valence-corrected chi connectivity index (χ3v) is 6.24. The molecule has 14 heteroatoms. The fourth-order valence-electron chi connectivity index (χ4n) is 3.52. The van der Waals surface area contributed by atoms with Gasteiger partial charge in [0, 0.05) is 30.6 Å². The van der Waals surface area contributed by atoms with Gasteiger partial charge in [0.05, 0.1) is 0 Å². The molecule has 0 spiro atoms. The molecule has 2 heterocycles. The van der Waals surface area contributed by atoms with Crippen molar-refractivity contribution in [3.05, 3.63) is 78.1 Å². The number of carbonyl (C=O) groups excluding carboxylic acids is 1. The van der Waals surface area contributed by atoms with E-state index in [0.29, 0.717) is 5.56 Å². The summed E-state index contributed by atoms with van der Waals surface area (Å²) in [4.78, 5) is 26.2. The molecule has 1 amide bonds. The van der Waals surface area contributed by atoms with E-state index in [1.807, 2.05) is 0 Å². The SMILES string of the molecule is CN1C(=O)C(c2ccc(OS(=O)(=O)C(F)(F)F)cc2)(c2ccc(-c3cncnc3)c(F)c2)N=C1N. The lowest BCUT2D eigenvalue weighted by atomic mass is 9.82. The van der Waals surface area contributed by atoms with Gasteiger partial charge in [-0.1, -0.05) is 24.3 Å². The van der Waals surface area contributed by atoms with Gasteiger partial charge in [-0.2, -0.15) is 21.6 Å². The van der Waals surface area contributed by atoms with Crippen molar-refractivity contribution in [1.82, 2.24) is 14.9 Å². The summed E-state index contributed by atoms with van der Waals surface area (Å²) in [7, 11) is -4.55. The standard InChI is InChI=1S/C21H15F4N5O4S/c1-30-18(31)20(29-19(30)26,13-2-5-15(6-3-13)34-35(32,33)21(23,24)25)14-4-7-16(17(22)8-14)12-9-27-11-28-10-12/h2-11H,1H3,(H2,26,29). The number of hydrogen-bond acceptors (Lipinski definition) is 8. The molecule has 9 nitrogen and oxygen atoms in total. The van der Waals surface area contributed by atoms with E-state index in [1.54, 1.807) is 0 Å². The molecule has 1 aliphatic heterocycles. The second-order valence-corrected chi connectivity index (χ2v) is 8.91. The van der Waals surface area contributed by atoms with E-state index in [1.165, 1.54) is 37.9 Å². The molecule has 2 N–H and O–H groups in total. The summed E-state index contributed by atoms with van der Waals surface area (Å²) < 4.78 is 79.6. The maximum absolute atomic E-state index is 15.1. The zero-order valence-corrected chi connectivity index (χ0v) is 18.5. The fraction of sp³-hybridized carbons (Fsp3) is 0.143. The number of benzene rings is 2. The molecule has 0 aliphatic carbocycles. The third kappa shape index (κ3) is 4.05. The minimum absolute atomic E-state index is 0.0736. The van der Waals surface area contributed by atoms with Gasteiger partial charge < -0.3 is 9.92 Å². The van der Waals surface area contributed by atoms with Gasteiger partial charge in [-0.15, -0.1) is 0 Å². The van der Waals surface area contributed by atoms with E-state index < -0.39 is 38.6 Å². The van der Waals surface area contributed by atoms with Crippen LogP contribution in [0.4, 0.5) is 17.6 Å². The molecule has 3 aromatic rings. The van der Waals surface area contributed by atoms with Gasteiger partial charge in [0.15, 0.2) is 11.5 Å². The lowest BCUT2D eigenvalue weighted by Crippen LogP contribution is -2.41. The van der Waals surface area contributed by atoms with Crippen molar-refractivity contribution >= 4 is 22.0 Å². The molecule has 0 bridgehead atoms. The Hall–Kier alpha value is -4.07. The molecular formula is C21H15F4N5O4S. The Bertz CT molecular complexity index is 1430. The van der Waals surface area contributed by atoms with Crippen LogP contribution in [0.15, 0.2) is 66.2 Å². The zero-order valence-electron chi connectivity index (χ0n) is 17.7. The number of halogens is 4. The summed E-state index contributed by atoms with van der Waals surface area (Å²) in [6, 6.07) is 8.05. The molecule has 2 aromatic carbocycles. The molecule has 182 valence electrons. The first-order valence-electron chi connectivity index (χ1n) is 9.67. The van der Waals surface area contributed by atoms with Gasteiger partial charge in [-0.05, 0) is 29.3 Å². The molecule has 0 fully saturated rings. The first-order valence-corrected chi connectivity index (χ1v) is 11.1. The van der Waals surface area contributed by atoms with Crippen LogP contribution in [0.2, 0.25) is 0 Å². The predicted molar refractivity (Wildman–Crippen MR) is 115 cm³/mol. The fourth-order valence-corrected chi connectivity index (χ4v) is 3.98. The number of likely N-dealkylation sites (N-methyl/N-ethyl adjacent to an activating group) is 1. The molecule has 1 unspecified atom stereocenters. The van der Waals surface area contributed by atoms with E-state index in [0.717, 1.165) is 35.2 Å². The van der Waals surface area contributed by atoms with E-state index in [4.69, 9.17) is 5.73 Å². The number of guanidine groups is 1. The van der Waals surface area contributed by atoms with Crippen LogP contribution in [0.25, 0.3) is 11.1 Å². The maximum atomic E-state index is 15.1. The molecule has 1 aliphatic rings. The monoisotopic (exact) mass is 509 g/mol. The minimum Gasteiger partial charge on any atom is -0.376 e. The number of alkyl halides is 3. The second kappa shape index (κ2) is 8.30. The van der Waals surface area contributed by atoms with Crippen LogP contribution in [-0.4, -0.2) is 47.7 Å². The molecule has 1 aromatic heterocycles. The van der Waals surface area contributed by atoms with Crippen LogP contribution in [-0.2, 0) is 20.5 Å². The van der Waals surface area contributed by atoms with Crippen molar-refractivity contribution in [2.45, 2.75) is 11.0 Å². The summed E-state index contributed by atoms with van der Waals surface area (Å²) in [6.45, 7) is 0. The number of nitrogens with zero attached hydrogens (tertiary/aromatic N) is 4. The average Bonchev–Trinajstić information content (AvgIpc) is 3.04. The first kappa shape index (κ1) is 24.1. The molecule has 1 atom stereocenters. The summed E-state index contributed by atoms with van der Waals surface area (Å²) >= 11 is 0. The number of hydrogen-bond donors (Lipinski definition) is 1. The summed E-state index contributed by atoms with van der Waals surface area (Å²) in [5, 5.41) is 0. The Morgan fingerprint density at radius 1 is 1.03 bits per heavy atom.